The standard InChI is InChI=1S/C16H17F2N3O/c17-11-3-1-2-10(6-11)15-16(19)20-8-13(21-15)9-4-5-14(22)12(18)7-9/h1-3,6,8-9,12,14,22H,4-5,7H2,(H2,19,20)/t9-,12+,14-/m0/s1. The molecule has 1 aromatic carbocycles. The molecule has 3 rings (SSSR count). The number of rotatable bonds is 2. The van der Waals surface area contributed by atoms with Crippen LogP contribution in [0.3, 0.4) is 0 Å². The first-order chi connectivity index (χ1) is 10.5. The maximum Gasteiger partial charge on any atom is 0.150 e. The van der Waals surface area contributed by atoms with Crippen LogP contribution in [0.15, 0.2) is 30.5 Å². The number of nitrogens with two attached hydrogens (primary N) is 1. The number of halogens is 2. The highest BCUT2D eigenvalue weighted by atomic mass is 19.1. The van der Waals surface area contributed by atoms with Crippen molar-refractivity contribution in [3.05, 3.63) is 42.0 Å². The van der Waals surface area contributed by atoms with E-state index in [2.05, 4.69) is 9.97 Å². The summed E-state index contributed by atoms with van der Waals surface area (Å²) in [6, 6.07) is 5.96. The molecule has 3 N–H and O–H groups in total. The van der Waals surface area contributed by atoms with Gasteiger partial charge in [-0.05, 0) is 31.4 Å². The van der Waals surface area contributed by atoms with Gasteiger partial charge in [-0.3, -0.25) is 0 Å². The molecule has 1 fully saturated rings. The van der Waals surface area contributed by atoms with Gasteiger partial charge in [0.15, 0.2) is 0 Å². The van der Waals surface area contributed by atoms with E-state index in [0.29, 0.717) is 29.8 Å². The van der Waals surface area contributed by atoms with Gasteiger partial charge in [0, 0.05) is 11.5 Å². The van der Waals surface area contributed by atoms with Crippen molar-refractivity contribution in [1.82, 2.24) is 9.97 Å². The van der Waals surface area contributed by atoms with Gasteiger partial charge in [-0.2, -0.15) is 0 Å². The molecule has 0 aliphatic heterocycles. The maximum atomic E-state index is 13.7. The van der Waals surface area contributed by atoms with Crippen LogP contribution in [0.4, 0.5) is 14.6 Å². The Kier molecular flexibility index (Phi) is 4.02. The topological polar surface area (TPSA) is 72.0 Å². The van der Waals surface area contributed by atoms with Crippen molar-refractivity contribution in [1.29, 1.82) is 0 Å². The average Bonchev–Trinajstić information content (AvgIpc) is 2.50. The van der Waals surface area contributed by atoms with E-state index < -0.39 is 12.3 Å². The number of anilines is 1. The van der Waals surface area contributed by atoms with Crippen LogP contribution in [-0.4, -0.2) is 27.4 Å². The monoisotopic (exact) mass is 305 g/mol. The van der Waals surface area contributed by atoms with E-state index in [1.54, 1.807) is 12.1 Å². The average molecular weight is 305 g/mol. The maximum absolute atomic E-state index is 13.7. The highest BCUT2D eigenvalue weighted by Crippen LogP contribution is 2.35. The number of aromatic nitrogens is 2. The summed E-state index contributed by atoms with van der Waals surface area (Å²) in [4.78, 5) is 8.58. The molecule has 4 nitrogen and oxygen atoms in total. The Bertz CT molecular complexity index is 680. The fourth-order valence-corrected chi connectivity index (χ4v) is 2.83. The van der Waals surface area contributed by atoms with E-state index in [0.717, 1.165) is 0 Å². The summed E-state index contributed by atoms with van der Waals surface area (Å²) in [5, 5.41) is 9.48. The highest BCUT2D eigenvalue weighted by molar-refractivity contribution is 5.69. The summed E-state index contributed by atoms with van der Waals surface area (Å²) < 4.78 is 27.1. The number of alkyl halides is 1. The Labute approximate surface area is 127 Å². The van der Waals surface area contributed by atoms with Gasteiger partial charge in [0.1, 0.15) is 23.5 Å². The number of hydrogen-bond donors (Lipinski definition) is 2. The van der Waals surface area contributed by atoms with Crippen LogP contribution in [0.1, 0.15) is 30.9 Å². The van der Waals surface area contributed by atoms with E-state index in [-0.39, 0.29) is 24.0 Å². The molecule has 0 amide bonds. The van der Waals surface area contributed by atoms with Crippen LogP contribution in [0, 0.1) is 5.82 Å². The molecule has 116 valence electrons. The Morgan fingerprint density at radius 1 is 1.27 bits per heavy atom. The second-order valence-corrected chi connectivity index (χ2v) is 5.63. The van der Waals surface area contributed by atoms with Crippen molar-refractivity contribution in [2.75, 3.05) is 5.73 Å². The van der Waals surface area contributed by atoms with Gasteiger partial charge in [-0.1, -0.05) is 12.1 Å². The van der Waals surface area contributed by atoms with Crippen LogP contribution in [-0.2, 0) is 0 Å². The number of benzene rings is 1. The highest BCUT2D eigenvalue weighted by Gasteiger charge is 2.31. The molecule has 1 aliphatic rings. The Hall–Kier alpha value is -2.08. The number of hydrogen-bond acceptors (Lipinski definition) is 4. The number of nitrogen functional groups attached to an aromatic ring is 1. The van der Waals surface area contributed by atoms with E-state index in [4.69, 9.17) is 5.73 Å². The zero-order valence-electron chi connectivity index (χ0n) is 11.9. The molecule has 0 unspecified atom stereocenters. The first-order valence-electron chi connectivity index (χ1n) is 7.25. The number of aliphatic hydroxyl groups excluding tert-OH is 1. The van der Waals surface area contributed by atoms with Crippen molar-refractivity contribution in [2.24, 2.45) is 0 Å². The zero-order valence-corrected chi connectivity index (χ0v) is 11.9. The molecule has 0 spiro atoms. The summed E-state index contributed by atoms with van der Waals surface area (Å²) in [7, 11) is 0. The lowest BCUT2D eigenvalue weighted by Gasteiger charge is -2.28. The van der Waals surface area contributed by atoms with Crippen LogP contribution in [0.25, 0.3) is 11.3 Å². The second-order valence-electron chi connectivity index (χ2n) is 5.63. The molecule has 0 saturated heterocycles. The fraction of sp³-hybridized carbons (Fsp3) is 0.375. The molecule has 1 aliphatic carbocycles. The molecule has 1 saturated carbocycles. The van der Waals surface area contributed by atoms with Crippen molar-refractivity contribution in [3.63, 3.8) is 0 Å². The van der Waals surface area contributed by atoms with Gasteiger partial charge in [0.2, 0.25) is 0 Å². The molecule has 1 heterocycles. The van der Waals surface area contributed by atoms with Gasteiger partial charge < -0.3 is 10.8 Å². The smallest absolute Gasteiger partial charge is 0.150 e. The van der Waals surface area contributed by atoms with Gasteiger partial charge in [-0.25, -0.2) is 18.7 Å². The molecule has 22 heavy (non-hydrogen) atoms. The molecule has 3 atom stereocenters. The third-order valence-electron chi connectivity index (χ3n) is 4.07. The molecule has 2 aromatic rings. The van der Waals surface area contributed by atoms with Gasteiger partial charge in [-0.15, -0.1) is 0 Å². The molecule has 1 aromatic heterocycles. The Morgan fingerprint density at radius 3 is 2.82 bits per heavy atom. The van der Waals surface area contributed by atoms with Crippen molar-refractivity contribution in [3.8, 4) is 11.3 Å². The van der Waals surface area contributed by atoms with Gasteiger partial charge in [0.25, 0.3) is 0 Å². The van der Waals surface area contributed by atoms with Crippen molar-refractivity contribution < 1.29 is 13.9 Å². The predicted octanol–water partition coefficient (Wildman–Crippen LogP) is 2.83. The third-order valence-corrected chi connectivity index (χ3v) is 4.07. The van der Waals surface area contributed by atoms with Gasteiger partial charge in [0.05, 0.1) is 18.0 Å². The fourth-order valence-electron chi connectivity index (χ4n) is 2.83. The quantitative estimate of drug-likeness (QED) is 0.895. The lowest BCUT2D eigenvalue weighted by atomic mass is 9.84. The summed E-state index contributed by atoms with van der Waals surface area (Å²) in [5.41, 5.74) is 7.41. The van der Waals surface area contributed by atoms with E-state index in [1.807, 2.05) is 0 Å². The SMILES string of the molecule is Nc1ncc([C@H]2CC[C@H](O)[C@H](F)C2)nc1-c1cccc(F)c1. The lowest BCUT2D eigenvalue weighted by molar-refractivity contribution is 0.0363. The summed E-state index contributed by atoms with van der Waals surface area (Å²) in [6.45, 7) is 0. The Morgan fingerprint density at radius 2 is 2.09 bits per heavy atom. The second kappa shape index (κ2) is 5.96. The minimum atomic E-state index is -1.25. The van der Waals surface area contributed by atoms with E-state index >= 15 is 0 Å². The number of nitrogens with zero attached hydrogens (tertiary/aromatic N) is 2. The van der Waals surface area contributed by atoms with Crippen LogP contribution >= 0.6 is 0 Å². The molecule has 0 radical (unpaired) electrons. The first-order valence-corrected chi connectivity index (χ1v) is 7.25. The molecule has 0 bridgehead atoms. The van der Waals surface area contributed by atoms with Crippen molar-refractivity contribution >= 4 is 5.82 Å². The minimum Gasteiger partial charge on any atom is -0.390 e. The number of aliphatic hydroxyl groups is 1. The molecular weight excluding hydrogens is 288 g/mol. The minimum absolute atomic E-state index is 0.112. The van der Waals surface area contributed by atoms with Crippen LogP contribution in [0.2, 0.25) is 0 Å². The molecule has 6 heteroatoms. The third kappa shape index (κ3) is 2.92. The zero-order chi connectivity index (χ0) is 15.7. The predicted molar refractivity (Wildman–Crippen MR) is 79.3 cm³/mol. The summed E-state index contributed by atoms with van der Waals surface area (Å²) in [5.74, 6) is -0.283. The summed E-state index contributed by atoms with van der Waals surface area (Å²) in [6.07, 6.45) is 0.627. The van der Waals surface area contributed by atoms with Crippen LogP contribution in [0.5, 0.6) is 0 Å². The van der Waals surface area contributed by atoms with E-state index in [9.17, 15) is 13.9 Å². The molecular formula is C16H17F2N3O. The summed E-state index contributed by atoms with van der Waals surface area (Å²) >= 11 is 0. The Balaban J connectivity index is 1.93. The normalized spacial score (nSPS) is 25.1. The largest absolute Gasteiger partial charge is 0.390 e. The van der Waals surface area contributed by atoms with Crippen molar-refractivity contribution in [2.45, 2.75) is 37.5 Å². The van der Waals surface area contributed by atoms with Crippen LogP contribution < -0.4 is 5.73 Å². The first kappa shape index (κ1) is 14.8. The lowest BCUT2D eigenvalue weighted by Crippen LogP contribution is -2.30. The van der Waals surface area contributed by atoms with Gasteiger partial charge >= 0.3 is 0 Å². The van der Waals surface area contributed by atoms with E-state index in [1.165, 1.54) is 18.3 Å².